The third-order valence-electron chi connectivity index (χ3n) is 22.2. The number of halogens is 8. The van der Waals surface area contributed by atoms with Gasteiger partial charge in [-0.2, -0.15) is 30.7 Å². The molecule has 17 aromatic rings. The lowest BCUT2D eigenvalue weighted by molar-refractivity contribution is -0.589. The topological polar surface area (TPSA) is 366 Å². The number of amides is 3. The highest BCUT2D eigenvalue weighted by Crippen LogP contribution is 2.27. The fourth-order valence-electron chi connectivity index (χ4n) is 14.9. The third-order valence-corrected chi connectivity index (χ3v) is 22.2. The second-order valence-corrected chi connectivity index (χ2v) is 32.5. The van der Waals surface area contributed by atoms with E-state index in [1.807, 2.05) is 68.4 Å². The molecule has 29 nitrogen and oxygen atoms in total. The van der Waals surface area contributed by atoms with Gasteiger partial charge in [-0.25, -0.2) is 54.6 Å². The Balaban J connectivity index is 0.000000151. The molecule has 0 saturated heterocycles. The Kier molecular flexibility index (Phi) is 33.0. The van der Waals surface area contributed by atoms with E-state index < -0.39 is 64.0 Å². The molecule has 0 aliphatic rings. The summed E-state index contributed by atoms with van der Waals surface area (Å²) in [6.45, 7) is 6.45. The van der Waals surface area contributed by atoms with E-state index in [4.69, 9.17) is 24.9 Å². The third kappa shape index (κ3) is 26.7. The number of para-hydroxylation sites is 1. The van der Waals surface area contributed by atoms with Crippen LogP contribution in [-0.2, 0) is 81.5 Å². The molecular weight excluding hydrogens is 1850 g/mol. The zero-order valence-electron chi connectivity index (χ0n) is 76.8. The van der Waals surface area contributed by atoms with Crippen molar-refractivity contribution in [2.75, 3.05) is 12.0 Å². The summed E-state index contributed by atoms with van der Waals surface area (Å²) in [5, 5.41) is 67.7. The van der Waals surface area contributed by atoms with E-state index in [2.05, 4.69) is 75.0 Å². The summed E-state index contributed by atoms with van der Waals surface area (Å²) in [4.78, 5) is 80.3. The number of aromatic nitrogens is 14. The van der Waals surface area contributed by atoms with E-state index >= 15 is 0 Å². The fourth-order valence-corrected chi connectivity index (χ4v) is 14.9. The van der Waals surface area contributed by atoms with E-state index in [1.165, 1.54) is 83.0 Å². The van der Waals surface area contributed by atoms with Crippen LogP contribution in [0.5, 0.6) is 0 Å². The van der Waals surface area contributed by atoms with E-state index in [1.54, 1.807) is 170 Å². The van der Waals surface area contributed by atoms with Gasteiger partial charge in [0.05, 0.1) is 99.5 Å². The van der Waals surface area contributed by atoms with Gasteiger partial charge in [0.15, 0.2) is 29.0 Å². The number of methoxy groups -OCH3 is 1. The van der Waals surface area contributed by atoms with Crippen LogP contribution in [0.25, 0.3) is 22.7 Å². The maximum atomic E-state index is 14.6. The van der Waals surface area contributed by atoms with Gasteiger partial charge in [0.1, 0.15) is 101 Å². The van der Waals surface area contributed by atoms with Crippen molar-refractivity contribution in [3.05, 3.63) is 467 Å². The van der Waals surface area contributed by atoms with Gasteiger partial charge in [0.2, 0.25) is 5.91 Å². The van der Waals surface area contributed by atoms with E-state index in [-0.39, 0.29) is 104 Å². The molecule has 0 aliphatic carbocycles. The normalized spacial score (nSPS) is 10.8. The van der Waals surface area contributed by atoms with Crippen molar-refractivity contribution in [3.8, 4) is 30.0 Å². The van der Waals surface area contributed by atoms with Crippen LogP contribution in [0.2, 0.25) is 0 Å². The Labute approximate surface area is 812 Å². The Morgan fingerprint density at radius 2 is 0.895 bits per heavy atom. The predicted octanol–water partition coefficient (Wildman–Crippen LogP) is 17.0. The van der Waals surface area contributed by atoms with Crippen molar-refractivity contribution in [3.63, 3.8) is 0 Å². The number of benzene rings is 11. The molecule has 6 heterocycles. The fraction of sp³-hybridized carbons (Fsp3) is 0.142. The minimum absolute atomic E-state index is 0.0276. The number of hydrogen-bond donors (Lipinski definition) is 1. The minimum atomic E-state index is -0.836. The van der Waals surface area contributed by atoms with E-state index in [0.717, 1.165) is 69.8 Å². The smallest absolute Gasteiger partial charge is 0.400 e. The number of carbonyl (C=O) groups excluding carboxylic acids is 4. The monoisotopic (exact) mass is 1930 g/mol. The number of H-pyrrole nitrogens is 1. The lowest BCUT2D eigenvalue weighted by Gasteiger charge is -2.23. The van der Waals surface area contributed by atoms with Crippen LogP contribution in [0, 0.1) is 113 Å². The number of rotatable bonds is 29. The Morgan fingerprint density at radius 1 is 0.462 bits per heavy atom. The molecule has 0 radical (unpaired) electrons. The molecule has 0 bridgehead atoms. The molecule has 11 aromatic carbocycles. The molecule has 714 valence electrons. The molecule has 0 saturated carbocycles. The number of nitrogens with one attached hydrogen (secondary N) is 1. The lowest BCUT2D eigenvalue weighted by Crippen LogP contribution is -2.46. The Morgan fingerprint density at radius 3 is 1.34 bits per heavy atom. The summed E-state index contributed by atoms with van der Waals surface area (Å²) in [6, 6.07) is 73.6. The summed E-state index contributed by atoms with van der Waals surface area (Å²) in [6.07, 6.45) is 9.06. The van der Waals surface area contributed by atoms with Crippen molar-refractivity contribution < 1.29 is 68.0 Å². The number of anilines is 1. The molecule has 1 N–H and O–H groups in total. The molecule has 6 aromatic heterocycles. The average molecular weight is 1930 g/mol. The number of fused-ring (bicyclic) bond motifs is 1. The van der Waals surface area contributed by atoms with Gasteiger partial charge in [0, 0.05) is 89.2 Å². The SMILES string of the molecule is COC(=O)c1cc(C)nc(N(Cc2ncn[nH]2)Cc2ccc(F)cc2F)[n+]1-c1ccc(C#N)cc1.Cc1cccc(/C=C/C(=O)N(Cc2ccc(F)cc2F)Cc2nncn2Cc2ccc(C#N)cc2)c1.Cc1cccc(C(=O)N(Cc2ccc(F)cc2F)Cc2nncn2Cc2ccc(C#N)cc2)c1.N#Cc1ccc(Cn2cnnc2CN(Cc2ccc(F)cc2F)C(=O)c2cc3ccccc3oc2=O)cc1. The summed E-state index contributed by atoms with van der Waals surface area (Å²) in [5.41, 5.74) is 9.20. The molecule has 0 unspecified atom stereocenters. The predicted molar refractivity (Wildman–Crippen MR) is 504 cm³/mol. The first kappa shape index (κ1) is 100. The van der Waals surface area contributed by atoms with Gasteiger partial charge in [-0.05, 0) is 158 Å². The maximum absolute atomic E-state index is 14.6. The molecule has 0 fully saturated rings. The number of aromatic amines is 1. The molecule has 37 heteroatoms. The van der Waals surface area contributed by atoms with Crippen LogP contribution >= 0.6 is 0 Å². The number of aryl methyl sites for hydroxylation is 3. The second kappa shape index (κ2) is 47.2. The first-order chi connectivity index (χ1) is 69.1. The van der Waals surface area contributed by atoms with Gasteiger partial charge in [-0.15, -0.1) is 30.6 Å². The zero-order valence-corrected chi connectivity index (χ0v) is 76.8. The number of hydrogen-bond acceptors (Lipinski definition) is 21. The van der Waals surface area contributed by atoms with Crippen molar-refractivity contribution in [1.29, 1.82) is 21.0 Å². The molecule has 0 spiro atoms. The molecule has 0 aliphatic heterocycles. The highest BCUT2D eigenvalue weighted by atomic mass is 19.2. The number of nitrogens with zero attached hydrogens (tertiary/aromatic N) is 21. The molecule has 3 amide bonds. The van der Waals surface area contributed by atoms with E-state index in [9.17, 15) is 64.4 Å². The average Bonchev–Trinajstić information content (AvgIpc) is 0.843. The summed E-state index contributed by atoms with van der Waals surface area (Å²) in [5.74, 6) is -5.68. The molecule has 17 rings (SSSR count). The zero-order chi connectivity index (χ0) is 101. The molecule has 143 heavy (non-hydrogen) atoms. The van der Waals surface area contributed by atoms with Crippen LogP contribution in [0.1, 0.15) is 138 Å². The highest BCUT2D eigenvalue weighted by molar-refractivity contribution is 5.97. The standard InChI is InChI=1S/C28H19F2N5O3.C28H23F2N5O.C26H21F2N5O.C24H19F2N7O2/c29-22-10-9-21(24(30)12-22)15-34(27(36)23-11-20-3-1-2-4-25(20)38-28(23)37)16-26-33-32-17-35(26)14-19-7-5-18(13-31)6-8-19;1-20-3-2-4-21(13-20)9-12-28(36)34(17-24-10-11-25(29)14-26(24)30)18-27-33-32-19-35(27)16-23-7-5-22(15-31)6-8-23;1-18-3-2-4-21(11-18)26(34)32(15-22-9-10-23(27)12-24(22)28)16-25-31-30-17-33(25)14-20-7-5-19(13-29)6-8-20;1-15-9-21(23(34)35-2)33(19-7-3-16(11-27)4-8-19)24(30-15)32(13-22-28-14-29-31-22)12-17-5-6-18(25)10-20(17)26/h1-12,17H,14-16H2;2-14,19H,16-18H2,1H3;2-12,17H,14-16H2,1H3;3-10,14H,12-13H2,1-2H3/p+1/b;12-9+;;. The first-order valence-electron chi connectivity index (χ1n) is 43.8. The summed E-state index contributed by atoms with van der Waals surface area (Å²) in [7, 11) is 1.26. The van der Waals surface area contributed by atoms with Gasteiger partial charge in [-0.1, -0.05) is 131 Å². The molecular formula is C106H83F8N22O7+. The Bertz CT molecular complexity index is 7750. The first-order valence-corrected chi connectivity index (χ1v) is 43.8. The van der Waals surface area contributed by atoms with Crippen molar-refractivity contribution >= 4 is 46.7 Å². The minimum Gasteiger partial charge on any atom is -0.463 e. The van der Waals surface area contributed by atoms with Crippen molar-refractivity contribution in [2.24, 2.45) is 0 Å². The van der Waals surface area contributed by atoms with Crippen LogP contribution in [-0.4, -0.2) is 110 Å². The van der Waals surface area contributed by atoms with E-state index in [0.29, 0.717) is 93.1 Å². The largest absolute Gasteiger partial charge is 0.463 e. The van der Waals surface area contributed by atoms with Crippen LogP contribution in [0.15, 0.2) is 295 Å². The van der Waals surface area contributed by atoms with Gasteiger partial charge in [-0.3, -0.25) is 19.5 Å². The van der Waals surface area contributed by atoms with Gasteiger partial charge >= 0.3 is 17.5 Å². The van der Waals surface area contributed by atoms with Crippen LogP contribution < -0.4 is 15.1 Å². The number of esters is 1. The second-order valence-electron chi connectivity index (χ2n) is 32.5. The quantitative estimate of drug-likeness (QED) is 0.0150. The van der Waals surface area contributed by atoms with Crippen LogP contribution in [0.3, 0.4) is 0 Å². The Hall–Kier alpha value is -18.9. The highest BCUT2D eigenvalue weighted by Gasteiger charge is 2.33. The van der Waals surface area contributed by atoms with Gasteiger partial charge in [0.25, 0.3) is 11.8 Å². The van der Waals surface area contributed by atoms with Crippen molar-refractivity contribution in [2.45, 2.75) is 92.8 Å². The van der Waals surface area contributed by atoms with Crippen LogP contribution in [0.4, 0.5) is 41.1 Å². The lowest BCUT2D eigenvalue weighted by atomic mass is 10.1. The van der Waals surface area contributed by atoms with Crippen molar-refractivity contribution in [1.82, 2.24) is 79.2 Å². The maximum Gasteiger partial charge on any atom is 0.400 e. The summed E-state index contributed by atoms with van der Waals surface area (Å²) >= 11 is 0. The number of carbonyl (C=O) groups is 4. The molecule has 0 atom stereocenters. The number of ether oxygens (including phenoxy) is 1. The summed E-state index contributed by atoms with van der Waals surface area (Å²) < 4.78 is 129. The number of nitriles is 4. The van der Waals surface area contributed by atoms with Gasteiger partial charge < -0.3 is 37.6 Å².